The van der Waals surface area contributed by atoms with Gasteiger partial charge in [0.05, 0.1) is 10.2 Å². The van der Waals surface area contributed by atoms with Crippen LogP contribution in [0.5, 0.6) is 0 Å². The number of aryl methyl sites for hydroxylation is 1. The van der Waals surface area contributed by atoms with E-state index >= 15 is 0 Å². The number of anilines is 1. The van der Waals surface area contributed by atoms with Gasteiger partial charge in [0.2, 0.25) is 0 Å². The highest BCUT2D eigenvalue weighted by Crippen LogP contribution is 2.17. The lowest BCUT2D eigenvalue weighted by Gasteiger charge is -2.09. The van der Waals surface area contributed by atoms with Crippen molar-refractivity contribution in [2.45, 2.75) is 26.3 Å². The van der Waals surface area contributed by atoms with Gasteiger partial charge in [-0.2, -0.15) is 0 Å². The molecule has 0 aliphatic carbocycles. The summed E-state index contributed by atoms with van der Waals surface area (Å²) in [5.41, 5.74) is 7.06. The Morgan fingerprint density at radius 3 is 2.80 bits per heavy atom. The molecule has 0 saturated carbocycles. The molecule has 1 heterocycles. The molecule has 5 heteroatoms. The predicted molar refractivity (Wildman–Crippen MR) is 63.9 cm³/mol. The van der Waals surface area contributed by atoms with Crippen LogP contribution in [0.4, 0.5) is 5.69 Å². The third-order valence-corrected chi connectivity index (χ3v) is 3.25. The van der Waals surface area contributed by atoms with E-state index in [1.54, 1.807) is 17.7 Å². The van der Waals surface area contributed by atoms with Crippen molar-refractivity contribution in [2.24, 2.45) is 0 Å². The monoisotopic (exact) mass is 274 g/mol. The lowest BCUT2D eigenvalue weighted by atomic mass is 10.2. The molecule has 1 aromatic heterocycles. The van der Waals surface area contributed by atoms with Gasteiger partial charge >= 0.3 is 0 Å². The van der Waals surface area contributed by atoms with Gasteiger partial charge in [0.25, 0.3) is 5.56 Å². The SMILES string of the molecule is Cc1c(N)cn(CCCCO)c(=O)c1Br. The standard InChI is InChI=1S/C10H15BrN2O2/c1-7-8(12)6-13(4-2-3-5-14)10(15)9(7)11/h6,14H,2-5,12H2,1H3. The van der Waals surface area contributed by atoms with E-state index in [-0.39, 0.29) is 12.2 Å². The van der Waals surface area contributed by atoms with Crippen LogP contribution in [0.2, 0.25) is 0 Å². The normalized spacial score (nSPS) is 10.6. The van der Waals surface area contributed by atoms with Crippen LogP contribution in [-0.4, -0.2) is 16.3 Å². The van der Waals surface area contributed by atoms with E-state index in [0.29, 0.717) is 23.1 Å². The van der Waals surface area contributed by atoms with Crippen LogP contribution in [0.3, 0.4) is 0 Å². The summed E-state index contributed by atoms with van der Waals surface area (Å²) >= 11 is 3.23. The number of hydrogen-bond donors (Lipinski definition) is 2. The van der Waals surface area contributed by atoms with Gasteiger partial charge in [0, 0.05) is 19.3 Å². The van der Waals surface area contributed by atoms with E-state index in [2.05, 4.69) is 15.9 Å². The molecule has 0 unspecified atom stereocenters. The molecule has 84 valence electrons. The van der Waals surface area contributed by atoms with Gasteiger partial charge in [0.15, 0.2) is 0 Å². The zero-order valence-electron chi connectivity index (χ0n) is 8.66. The summed E-state index contributed by atoms with van der Waals surface area (Å²) in [5.74, 6) is 0. The molecule has 0 radical (unpaired) electrons. The molecular weight excluding hydrogens is 260 g/mol. The first-order valence-corrected chi connectivity index (χ1v) is 5.63. The van der Waals surface area contributed by atoms with Crippen LogP contribution < -0.4 is 11.3 Å². The average Bonchev–Trinajstić information content (AvgIpc) is 2.23. The van der Waals surface area contributed by atoms with Crippen molar-refractivity contribution in [3.05, 3.63) is 26.6 Å². The number of aliphatic hydroxyl groups is 1. The van der Waals surface area contributed by atoms with E-state index in [4.69, 9.17) is 10.8 Å². The van der Waals surface area contributed by atoms with E-state index in [9.17, 15) is 4.79 Å². The van der Waals surface area contributed by atoms with Crippen LogP contribution in [0, 0.1) is 6.92 Å². The van der Waals surface area contributed by atoms with Gasteiger partial charge < -0.3 is 15.4 Å². The third-order valence-electron chi connectivity index (χ3n) is 2.31. The Labute approximate surface area is 96.8 Å². The number of halogens is 1. The fraction of sp³-hybridized carbons (Fsp3) is 0.500. The summed E-state index contributed by atoms with van der Waals surface area (Å²) in [7, 11) is 0. The molecular formula is C10H15BrN2O2. The minimum Gasteiger partial charge on any atom is -0.397 e. The fourth-order valence-corrected chi connectivity index (χ4v) is 1.75. The lowest BCUT2D eigenvalue weighted by molar-refractivity contribution is 0.281. The third kappa shape index (κ3) is 2.82. The number of unbranched alkanes of at least 4 members (excludes halogenated alkanes) is 1. The smallest absolute Gasteiger partial charge is 0.265 e. The van der Waals surface area contributed by atoms with Crippen LogP contribution in [0.1, 0.15) is 18.4 Å². The quantitative estimate of drug-likeness (QED) is 0.813. The molecule has 4 nitrogen and oxygen atoms in total. The van der Waals surface area contributed by atoms with Crippen molar-refractivity contribution >= 4 is 21.6 Å². The van der Waals surface area contributed by atoms with Gasteiger partial charge in [0.1, 0.15) is 0 Å². The Bertz CT molecular complexity index is 401. The van der Waals surface area contributed by atoms with Crippen LogP contribution >= 0.6 is 15.9 Å². The minimum absolute atomic E-state index is 0.0698. The molecule has 1 aromatic rings. The zero-order valence-corrected chi connectivity index (χ0v) is 10.2. The Morgan fingerprint density at radius 2 is 2.20 bits per heavy atom. The molecule has 0 aliphatic heterocycles. The predicted octanol–water partition coefficient (Wildman–Crippen LogP) is 1.27. The first-order valence-electron chi connectivity index (χ1n) is 4.83. The van der Waals surface area contributed by atoms with Crippen LogP contribution in [-0.2, 0) is 6.54 Å². The molecule has 0 atom stereocenters. The Balaban J connectivity index is 2.94. The van der Waals surface area contributed by atoms with E-state index in [1.807, 2.05) is 0 Å². The van der Waals surface area contributed by atoms with Crippen molar-refractivity contribution in [1.82, 2.24) is 4.57 Å². The molecule has 0 saturated heterocycles. The number of nitrogen functional groups attached to an aromatic ring is 1. The van der Waals surface area contributed by atoms with Gasteiger partial charge in [-0.1, -0.05) is 0 Å². The molecule has 0 bridgehead atoms. The van der Waals surface area contributed by atoms with Crippen molar-refractivity contribution < 1.29 is 5.11 Å². The summed E-state index contributed by atoms with van der Waals surface area (Å²) in [6.45, 7) is 2.54. The van der Waals surface area contributed by atoms with Crippen molar-refractivity contribution in [3.63, 3.8) is 0 Å². The minimum atomic E-state index is -0.0698. The molecule has 0 aliphatic rings. The van der Waals surface area contributed by atoms with Crippen molar-refractivity contribution in [1.29, 1.82) is 0 Å². The van der Waals surface area contributed by atoms with E-state index < -0.39 is 0 Å². The van der Waals surface area contributed by atoms with E-state index in [0.717, 1.165) is 12.0 Å². The Morgan fingerprint density at radius 1 is 1.53 bits per heavy atom. The maximum atomic E-state index is 11.7. The summed E-state index contributed by atoms with van der Waals surface area (Å²) in [5, 5.41) is 8.65. The largest absolute Gasteiger partial charge is 0.397 e. The van der Waals surface area contributed by atoms with Gasteiger partial charge in [-0.25, -0.2) is 0 Å². The Hall–Kier alpha value is -0.810. The van der Waals surface area contributed by atoms with Gasteiger partial charge in [-0.15, -0.1) is 0 Å². The second-order valence-electron chi connectivity index (χ2n) is 3.45. The highest BCUT2D eigenvalue weighted by molar-refractivity contribution is 9.10. The number of nitrogens with two attached hydrogens (primary N) is 1. The summed E-state index contributed by atoms with van der Waals surface area (Å²) in [6, 6.07) is 0. The van der Waals surface area contributed by atoms with Crippen LogP contribution in [0.25, 0.3) is 0 Å². The molecule has 15 heavy (non-hydrogen) atoms. The fourth-order valence-electron chi connectivity index (χ4n) is 1.30. The number of aliphatic hydroxyl groups excluding tert-OH is 1. The van der Waals surface area contributed by atoms with Gasteiger partial charge in [-0.05, 0) is 41.3 Å². The summed E-state index contributed by atoms with van der Waals surface area (Å²) < 4.78 is 2.09. The second kappa shape index (κ2) is 5.32. The molecule has 0 spiro atoms. The maximum Gasteiger partial charge on any atom is 0.265 e. The molecule has 1 rings (SSSR count). The van der Waals surface area contributed by atoms with Gasteiger partial charge in [-0.3, -0.25) is 4.79 Å². The molecule has 0 fully saturated rings. The van der Waals surface area contributed by atoms with Crippen LogP contribution in [0.15, 0.2) is 15.5 Å². The Kier molecular flexibility index (Phi) is 4.35. The van der Waals surface area contributed by atoms with E-state index in [1.165, 1.54) is 0 Å². The first kappa shape index (κ1) is 12.3. The van der Waals surface area contributed by atoms with Crippen molar-refractivity contribution in [2.75, 3.05) is 12.3 Å². The topological polar surface area (TPSA) is 68.2 Å². The lowest BCUT2D eigenvalue weighted by Crippen LogP contribution is -2.22. The highest BCUT2D eigenvalue weighted by Gasteiger charge is 2.07. The second-order valence-corrected chi connectivity index (χ2v) is 4.25. The molecule has 0 aromatic carbocycles. The zero-order chi connectivity index (χ0) is 11.4. The number of pyridine rings is 1. The molecule has 3 N–H and O–H groups in total. The number of nitrogens with zero attached hydrogens (tertiary/aromatic N) is 1. The number of aromatic nitrogens is 1. The summed E-state index contributed by atoms with van der Waals surface area (Å²) in [4.78, 5) is 11.7. The highest BCUT2D eigenvalue weighted by atomic mass is 79.9. The number of hydrogen-bond acceptors (Lipinski definition) is 3. The summed E-state index contributed by atoms with van der Waals surface area (Å²) in [6.07, 6.45) is 3.11. The molecule has 0 amide bonds. The average molecular weight is 275 g/mol. The maximum absolute atomic E-state index is 11.7. The number of rotatable bonds is 4. The first-order chi connectivity index (χ1) is 7.07. The van der Waals surface area contributed by atoms with Crippen molar-refractivity contribution in [3.8, 4) is 0 Å².